The molecule has 1 rings (SSSR count). The SMILES string of the molecule is CCCC(=O)/C=C/C1C(C)CCCC1(C)C. The Morgan fingerprint density at radius 3 is 2.69 bits per heavy atom. The minimum atomic E-state index is 0.288. The number of carbonyl (C=O) groups excluding carboxylic acids is 1. The van der Waals surface area contributed by atoms with Gasteiger partial charge in [-0.3, -0.25) is 4.79 Å². The van der Waals surface area contributed by atoms with Gasteiger partial charge >= 0.3 is 0 Å². The van der Waals surface area contributed by atoms with Crippen LogP contribution in [0.25, 0.3) is 0 Å². The van der Waals surface area contributed by atoms with E-state index in [1.807, 2.05) is 6.08 Å². The van der Waals surface area contributed by atoms with Crippen molar-refractivity contribution in [3.63, 3.8) is 0 Å². The van der Waals surface area contributed by atoms with E-state index >= 15 is 0 Å². The molecule has 1 aliphatic rings. The molecule has 0 bridgehead atoms. The normalized spacial score (nSPS) is 29.5. The maximum atomic E-state index is 11.5. The predicted octanol–water partition coefficient (Wildman–Crippen LogP) is 4.37. The standard InChI is InChI=1S/C15H26O/c1-5-7-13(16)9-10-14-12(2)8-6-11-15(14,3)4/h9-10,12,14H,5-8,11H2,1-4H3/b10-9+. The molecular weight excluding hydrogens is 196 g/mol. The number of allylic oxidation sites excluding steroid dienone is 2. The summed E-state index contributed by atoms with van der Waals surface area (Å²) in [6.45, 7) is 9.04. The maximum Gasteiger partial charge on any atom is 0.155 e. The largest absolute Gasteiger partial charge is 0.295 e. The zero-order valence-electron chi connectivity index (χ0n) is 11.3. The minimum Gasteiger partial charge on any atom is -0.295 e. The van der Waals surface area contributed by atoms with Crippen molar-refractivity contribution in [1.29, 1.82) is 0 Å². The summed E-state index contributed by atoms with van der Waals surface area (Å²) in [5.74, 6) is 1.58. The third-order valence-corrected chi connectivity index (χ3v) is 3.98. The van der Waals surface area contributed by atoms with E-state index in [1.165, 1.54) is 19.3 Å². The zero-order valence-corrected chi connectivity index (χ0v) is 11.3. The monoisotopic (exact) mass is 222 g/mol. The Morgan fingerprint density at radius 2 is 2.12 bits per heavy atom. The van der Waals surface area contributed by atoms with Crippen LogP contribution in [-0.4, -0.2) is 5.78 Å². The van der Waals surface area contributed by atoms with Crippen LogP contribution >= 0.6 is 0 Å². The highest BCUT2D eigenvalue weighted by atomic mass is 16.1. The summed E-state index contributed by atoms with van der Waals surface area (Å²) in [7, 11) is 0. The second-order valence-corrected chi connectivity index (χ2v) is 5.96. The molecule has 0 N–H and O–H groups in total. The lowest BCUT2D eigenvalue weighted by molar-refractivity contribution is -0.114. The van der Waals surface area contributed by atoms with Crippen LogP contribution in [0.3, 0.4) is 0 Å². The predicted molar refractivity (Wildman–Crippen MR) is 69.3 cm³/mol. The fourth-order valence-corrected chi connectivity index (χ4v) is 2.99. The van der Waals surface area contributed by atoms with Crippen LogP contribution in [0.15, 0.2) is 12.2 Å². The van der Waals surface area contributed by atoms with Crippen molar-refractivity contribution in [2.75, 3.05) is 0 Å². The van der Waals surface area contributed by atoms with E-state index in [4.69, 9.17) is 0 Å². The molecule has 0 aromatic carbocycles. The molecule has 0 heterocycles. The maximum absolute atomic E-state index is 11.5. The first-order valence-corrected chi connectivity index (χ1v) is 6.68. The Kier molecular flexibility index (Phi) is 4.76. The van der Waals surface area contributed by atoms with Gasteiger partial charge < -0.3 is 0 Å². The quantitative estimate of drug-likeness (QED) is 0.645. The summed E-state index contributed by atoms with van der Waals surface area (Å²) >= 11 is 0. The van der Waals surface area contributed by atoms with Crippen LogP contribution in [-0.2, 0) is 4.79 Å². The summed E-state index contributed by atoms with van der Waals surface area (Å²) < 4.78 is 0. The average Bonchev–Trinajstić information content (AvgIpc) is 2.16. The third-order valence-electron chi connectivity index (χ3n) is 3.98. The molecule has 1 saturated carbocycles. The van der Waals surface area contributed by atoms with Crippen molar-refractivity contribution in [2.45, 2.75) is 59.8 Å². The fraction of sp³-hybridized carbons (Fsp3) is 0.800. The van der Waals surface area contributed by atoms with Crippen LogP contribution in [0.5, 0.6) is 0 Å². The summed E-state index contributed by atoms with van der Waals surface area (Å²) in [5.41, 5.74) is 0.362. The van der Waals surface area contributed by atoms with Gasteiger partial charge in [0, 0.05) is 6.42 Å². The van der Waals surface area contributed by atoms with Gasteiger partial charge in [0.25, 0.3) is 0 Å². The summed E-state index contributed by atoms with van der Waals surface area (Å²) in [4.78, 5) is 11.5. The van der Waals surface area contributed by atoms with Crippen LogP contribution in [0.1, 0.15) is 59.8 Å². The van der Waals surface area contributed by atoms with Crippen molar-refractivity contribution >= 4 is 5.78 Å². The van der Waals surface area contributed by atoms with E-state index in [9.17, 15) is 4.79 Å². The van der Waals surface area contributed by atoms with Crippen molar-refractivity contribution in [3.8, 4) is 0 Å². The third kappa shape index (κ3) is 3.47. The van der Waals surface area contributed by atoms with Gasteiger partial charge in [-0.05, 0) is 36.2 Å². The molecule has 1 nitrogen and oxygen atoms in total. The van der Waals surface area contributed by atoms with E-state index in [0.717, 1.165) is 12.3 Å². The number of hydrogen-bond acceptors (Lipinski definition) is 1. The molecule has 1 heteroatoms. The first-order valence-electron chi connectivity index (χ1n) is 6.68. The second-order valence-electron chi connectivity index (χ2n) is 5.96. The Balaban J connectivity index is 2.65. The fourth-order valence-electron chi connectivity index (χ4n) is 2.99. The van der Waals surface area contributed by atoms with Gasteiger partial charge in [-0.2, -0.15) is 0 Å². The number of carbonyl (C=O) groups is 1. The Bertz CT molecular complexity index is 263. The lowest BCUT2D eigenvalue weighted by atomic mass is 9.64. The molecule has 2 unspecified atom stereocenters. The molecular formula is C15H26O. The Hall–Kier alpha value is -0.590. The summed E-state index contributed by atoms with van der Waals surface area (Å²) in [5, 5.41) is 0. The number of hydrogen-bond donors (Lipinski definition) is 0. The van der Waals surface area contributed by atoms with Crippen LogP contribution in [0, 0.1) is 17.3 Å². The Morgan fingerprint density at radius 1 is 1.44 bits per heavy atom. The molecule has 1 aliphatic carbocycles. The molecule has 0 aliphatic heterocycles. The van der Waals surface area contributed by atoms with Crippen LogP contribution in [0.2, 0.25) is 0 Å². The molecule has 0 amide bonds. The number of ketones is 1. The Labute approximate surface area is 100 Å². The van der Waals surface area contributed by atoms with Gasteiger partial charge in [0.05, 0.1) is 0 Å². The summed E-state index contributed by atoms with van der Waals surface area (Å²) in [6, 6.07) is 0. The van der Waals surface area contributed by atoms with Gasteiger partial charge in [-0.25, -0.2) is 0 Å². The molecule has 1 fully saturated rings. The van der Waals surface area contributed by atoms with Crippen molar-refractivity contribution in [1.82, 2.24) is 0 Å². The molecule has 16 heavy (non-hydrogen) atoms. The van der Waals surface area contributed by atoms with Gasteiger partial charge in [0.1, 0.15) is 0 Å². The van der Waals surface area contributed by atoms with Crippen LogP contribution in [0.4, 0.5) is 0 Å². The van der Waals surface area contributed by atoms with E-state index < -0.39 is 0 Å². The molecule has 0 radical (unpaired) electrons. The molecule has 92 valence electrons. The van der Waals surface area contributed by atoms with Gasteiger partial charge in [0.2, 0.25) is 0 Å². The molecule has 2 atom stereocenters. The first-order chi connectivity index (χ1) is 7.47. The van der Waals surface area contributed by atoms with Gasteiger partial charge in [0.15, 0.2) is 5.78 Å². The molecule has 0 aromatic heterocycles. The minimum absolute atomic E-state index is 0.288. The highest BCUT2D eigenvalue weighted by molar-refractivity contribution is 5.89. The van der Waals surface area contributed by atoms with Crippen molar-refractivity contribution < 1.29 is 4.79 Å². The molecule has 0 spiro atoms. The van der Waals surface area contributed by atoms with E-state index in [0.29, 0.717) is 17.8 Å². The highest BCUT2D eigenvalue weighted by Gasteiger charge is 2.34. The topological polar surface area (TPSA) is 17.1 Å². The van der Waals surface area contributed by atoms with Gasteiger partial charge in [-0.15, -0.1) is 0 Å². The average molecular weight is 222 g/mol. The second kappa shape index (κ2) is 5.65. The summed E-state index contributed by atoms with van der Waals surface area (Å²) in [6.07, 6.45) is 9.58. The van der Waals surface area contributed by atoms with E-state index in [2.05, 4.69) is 33.8 Å². The number of rotatable bonds is 4. The van der Waals surface area contributed by atoms with Gasteiger partial charge in [-0.1, -0.05) is 46.6 Å². The lowest BCUT2D eigenvalue weighted by Crippen LogP contribution is -2.32. The van der Waals surface area contributed by atoms with Crippen LogP contribution < -0.4 is 0 Å². The van der Waals surface area contributed by atoms with E-state index in [-0.39, 0.29) is 5.78 Å². The molecule has 0 saturated heterocycles. The molecule has 0 aromatic rings. The smallest absolute Gasteiger partial charge is 0.155 e. The highest BCUT2D eigenvalue weighted by Crippen LogP contribution is 2.44. The van der Waals surface area contributed by atoms with Crippen molar-refractivity contribution in [3.05, 3.63) is 12.2 Å². The van der Waals surface area contributed by atoms with E-state index in [1.54, 1.807) is 0 Å². The lowest BCUT2D eigenvalue weighted by Gasteiger charge is -2.41. The zero-order chi connectivity index (χ0) is 12.2. The first kappa shape index (κ1) is 13.5. The van der Waals surface area contributed by atoms with Crippen molar-refractivity contribution in [2.24, 2.45) is 17.3 Å².